The lowest BCUT2D eigenvalue weighted by Gasteiger charge is -2.33. The van der Waals surface area contributed by atoms with Gasteiger partial charge in [0, 0.05) is 18.8 Å². The number of fused-ring (bicyclic) bond motifs is 2. The standard InChI is InChI=1S/C49H61N9O6/c1-27(2)42(54-48(61)63-5)46(59)56-23-7-9-40(56)44-50-34-19-15-31(25-36(34)52-44)38-21-22-39(58(38)33-17-13-30(14-18-33)29-11-12-29)32-16-20-35-37(26-32)53-45(51-35)41-10-8-24-57(41)47(60)43(28(3)4)55-49(62)64-6/h13-20,25-29,38-43H,7-12,21-24H2,1-6H3,(H,50,52)(H,51,53)(H,54,61)(H,55,62)/t38-,39-,40+,41+,42+,43+/m1/s1. The van der Waals surface area contributed by atoms with Crippen molar-refractivity contribution in [1.82, 2.24) is 40.4 Å². The summed E-state index contributed by atoms with van der Waals surface area (Å²) in [5.41, 5.74) is 8.48. The second-order valence-corrected chi connectivity index (χ2v) is 18.8. The Labute approximate surface area is 374 Å². The average molecular weight is 872 g/mol. The number of hydrogen-bond acceptors (Lipinski definition) is 9. The molecule has 4 fully saturated rings. The number of nitrogens with zero attached hydrogens (tertiary/aromatic N) is 5. The Hall–Kier alpha value is -6.12. The van der Waals surface area contributed by atoms with Crippen LogP contribution in [0.4, 0.5) is 15.3 Å². The zero-order valence-corrected chi connectivity index (χ0v) is 37.7. The smallest absolute Gasteiger partial charge is 0.407 e. The highest BCUT2D eigenvalue weighted by atomic mass is 16.5. The predicted molar refractivity (Wildman–Crippen MR) is 244 cm³/mol. The first-order valence-electron chi connectivity index (χ1n) is 23.1. The molecule has 1 aliphatic carbocycles. The molecule has 0 radical (unpaired) electrons. The fraction of sp³-hybridized carbons (Fsp3) is 0.510. The van der Waals surface area contributed by atoms with Gasteiger partial charge in [-0.25, -0.2) is 19.6 Å². The molecule has 0 spiro atoms. The molecular formula is C49H61N9O6. The molecule has 0 unspecified atom stereocenters. The number of alkyl carbamates (subject to hydrolysis) is 2. The van der Waals surface area contributed by atoms with Crippen molar-refractivity contribution in [2.45, 2.75) is 121 Å². The maximum atomic E-state index is 13.9. The van der Waals surface area contributed by atoms with Gasteiger partial charge in [-0.05, 0) is 122 Å². The van der Waals surface area contributed by atoms with E-state index < -0.39 is 24.3 Å². The molecule has 6 atom stereocenters. The Bertz CT molecular complexity index is 2380. The third-order valence-electron chi connectivity index (χ3n) is 13.9. The predicted octanol–water partition coefficient (Wildman–Crippen LogP) is 8.49. The Kier molecular flexibility index (Phi) is 12.0. The van der Waals surface area contributed by atoms with Gasteiger partial charge in [-0.1, -0.05) is 52.0 Å². The molecule has 5 aromatic rings. The molecule has 1 saturated carbocycles. The molecule has 3 saturated heterocycles. The number of rotatable bonds is 12. The van der Waals surface area contributed by atoms with Crippen LogP contribution in [-0.4, -0.2) is 93.1 Å². The first-order valence-corrected chi connectivity index (χ1v) is 23.1. The summed E-state index contributed by atoms with van der Waals surface area (Å²) in [5.74, 6) is 1.67. The minimum atomic E-state index is -0.700. The van der Waals surface area contributed by atoms with Gasteiger partial charge in [-0.15, -0.1) is 0 Å². The number of imidazole rings is 2. The van der Waals surface area contributed by atoms with E-state index in [1.807, 2.05) is 37.5 Å². The highest BCUT2D eigenvalue weighted by Crippen LogP contribution is 2.49. The summed E-state index contributed by atoms with van der Waals surface area (Å²) in [4.78, 5) is 75.7. The molecule has 5 heterocycles. The summed E-state index contributed by atoms with van der Waals surface area (Å²) < 4.78 is 9.66. The SMILES string of the molecule is COC(=O)N[C@H](C(=O)N1CCC[C@H]1c1nc2cc([C@H]3CC[C@H](c4ccc5[nH]c([C@@H]6CCCN6C(=O)[C@@H](NC(=O)OC)C(C)C)nc5c4)N3c3ccc(C4CC4)cc3)ccc2[nH]1)C(C)C. The molecule has 4 aliphatic rings. The van der Waals surface area contributed by atoms with Crippen molar-refractivity contribution in [2.75, 3.05) is 32.2 Å². The van der Waals surface area contributed by atoms with Crippen LogP contribution in [0, 0.1) is 11.8 Å². The summed E-state index contributed by atoms with van der Waals surface area (Å²) in [6, 6.07) is 20.5. The van der Waals surface area contributed by atoms with Crippen LogP contribution in [0.1, 0.15) is 137 Å². The fourth-order valence-electron chi connectivity index (χ4n) is 10.4. The molecule has 4 amide bonds. The van der Waals surface area contributed by atoms with Gasteiger partial charge in [0.15, 0.2) is 0 Å². The third kappa shape index (κ3) is 8.36. The van der Waals surface area contributed by atoms with E-state index in [2.05, 4.69) is 86.2 Å². The molecule has 3 aromatic carbocycles. The molecule has 9 rings (SSSR count). The van der Waals surface area contributed by atoms with Crippen LogP contribution in [0.2, 0.25) is 0 Å². The Morgan fingerprint density at radius 3 is 1.44 bits per heavy atom. The van der Waals surface area contributed by atoms with E-state index in [-0.39, 0.29) is 47.8 Å². The zero-order valence-electron chi connectivity index (χ0n) is 37.7. The summed E-state index contributed by atoms with van der Waals surface area (Å²) in [6.45, 7) is 8.86. The Morgan fingerprint density at radius 1 is 0.594 bits per heavy atom. The molecule has 2 aromatic heterocycles. The van der Waals surface area contributed by atoms with Crippen LogP contribution < -0.4 is 15.5 Å². The maximum absolute atomic E-state index is 13.9. The lowest BCUT2D eigenvalue weighted by atomic mass is 10.0. The minimum absolute atomic E-state index is 0.0816. The summed E-state index contributed by atoms with van der Waals surface area (Å²) >= 11 is 0. The number of aromatic nitrogens is 4. The zero-order chi connectivity index (χ0) is 44.8. The van der Waals surface area contributed by atoms with Crippen LogP contribution in [0.3, 0.4) is 0 Å². The number of ether oxygens (including phenoxy) is 2. The van der Waals surface area contributed by atoms with Gasteiger partial charge in [0.2, 0.25) is 11.8 Å². The Morgan fingerprint density at radius 2 is 1.03 bits per heavy atom. The monoisotopic (exact) mass is 871 g/mol. The van der Waals surface area contributed by atoms with Crippen LogP contribution in [0.5, 0.6) is 0 Å². The molecular weight excluding hydrogens is 811 g/mol. The minimum Gasteiger partial charge on any atom is -0.453 e. The average Bonchev–Trinajstić information content (AvgIpc) is 3.84. The first kappa shape index (κ1) is 43.1. The highest BCUT2D eigenvalue weighted by molar-refractivity contribution is 5.87. The topological polar surface area (TPSA) is 178 Å². The van der Waals surface area contributed by atoms with Crippen molar-refractivity contribution >= 4 is 51.8 Å². The number of carbonyl (C=O) groups excluding carboxylic acids is 4. The van der Waals surface area contributed by atoms with Gasteiger partial charge in [0.05, 0.1) is 60.5 Å². The van der Waals surface area contributed by atoms with Gasteiger partial charge in [-0.2, -0.15) is 0 Å². The number of H-pyrrole nitrogens is 2. The second-order valence-electron chi connectivity index (χ2n) is 18.8. The van der Waals surface area contributed by atoms with Crippen molar-refractivity contribution in [2.24, 2.45) is 11.8 Å². The normalized spacial score (nSPS) is 22.2. The molecule has 64 heavy (non-hydrogen) atoms. The number of amides is 4. The van der Waals surface area contributed by atoms with E-state index in [0.29, 0.717) is 19.0 Å². The highest BCUT2D eigenvalue weighted by Gasteiger charge is 2.41. The third-order valence-corrected chi connectivity index (χ3v) is 13.9. The number of nitrogens with one attached hydrogen (secondary N) is 4. The number of carbonyl (C=O) groups is 4. The van der Waals surface area contributed by atoms with Crippen LogP contribution in [-0.2, 0) is 19.1 Å². The lowest BCUT2D eigenvalue weighted by Crippen LogP contribution is -2.51. The van der Waals surface area contributed by atoms with E-state index in [4.69, 9.17) is 19.4 Å². The quantitative estimate of drug-likeness (QED) is 0.0957. The number of methoxy groups -OCH3 is 2. The molecule has 3 aliphatic heterocycles. The molecule has 4 N–H and O–H groups in total. The number of anilines is 1. The summed E-state index contributed by atoms with van der Waals surface area (Å²) in [7, 11) is 2.61. The molecule has 338 valence electrons. The number of likely N-dealkylation sites (tertiary alicyclic amines) is 2. The van der Waals surface area contributed by atoms with Gasteiger partial charge in [-0.3, -0.25) is 9.59 Å². The largest absolute Gasteiger partial charge is 0.453 e. The van der Waals surface area contributed by atoms with Crippen LogP contribution >= 0.6 is 0 Å². The lowest BCUT2D eigenvalue weighted by molar-refractivity contribution is -0.136. The van der Waals surface area contributed by atoms with E-state index in [1.165, 1.54) is 49.4 Å². The van der Waals surface area contributed by atoms with Gasteiger partial charge >= 0.3 is 12.2 Å². The van der Waals surface area contributed by atoms with Crippen molar-refractivity contribution in [1.29, 1.82) is 0 Å². The van der Waals surface area contributed by atoms with Crippen LogP contribution in [0.25, 0.3) is 22.1 Å². The second kappa shape index (κ2) is 17.8. The van der Waals surface area contributed by atoms with E-state index >= 15 is 0 Å². The van der Waals surface area contributed by atoms with Crippen molar-refractivity contribution in [3.8, 4) is 0 Å². The van der Waals surface area contributed by atoms with Crippen LogP contribution in [0.15, 0.2) is 60.7 Å². The van der Waals surface area contributed by atoms with Gasteiger partial charge in [0.25, 0.3) is 0 Å². The molecule has 15 heteroatoms. The Balaban J connectivity index is 0.994. The number of benzene rings is 3. The summed E-state index contributed by atoms with van der Waals surface area (Å²) in [5, 5.41) is 5.49. The maximum Gasteiger partial charge on any atom is 0.407 e. The van der Waals surface area contributed by atoms with Gasteiger partial charge < -0.3 is 44.8 Å². The van der Waals surface area contributed by atoms with E-state index in [1.54, 1.807) is 0 Å². The first-order chi connectivity index (χ1) is 30.9. The van der Waals surface area contributed by atoms with Gasteiger partial charge in [0.1, 0.15) is 23.7 Å². The van der Waals surface area contributed by atoms with Crippen molar-refractivity contribution in [3.05, 3.63) is 89.0 Å². The van der Waals surface area contributed by atoms with Crippen molar-refractivity contribution < 1.29 is 28.7 Å². The summed E-state index contributed by atoms with van der Waals surface area (Å²) in [6.07, 6.45) is 6.38. The van der Waals surface area contributed by atoms with E-state index in [0.717, 1.165) is 72.2 Å². The number of hydrogen-bond donors (Lipinski definition) is 4. The van der Waals surface area contributed by atoms with Crippen molar-refractivity contribution in [3.63, 3.8) is 0 Å². The number of aromatic amines is 2. The molecule has 0 bridgehead atoms. The fourth-order valence-corrected chi connectivity index (χ4v) is 10.4. The molecule has 15 nitrogen and oxygen atoms in total. The van der Waals surface area contributed by atoms with E-state index in [9.17, 15) is 19.2 Å².